The fraction of sp³-hybridized carbons (Fsp3) is 0.500. The first-order chi connectivity index (χ1) is 7.95. The van der Waals surface area contributed by atoms with Crippen LogP contribution < -0.4 is 0 Å². The molecule has 5 heteroatoms. The monoisotopic (exact) mass is 290 g/mol. The summed E-state index contributed by atoms with van der Waals surface area (Å²) in [5.41, 5.74) is 1.53. The maximum absolute atomic E-state index is 8.99. The molecule has 0 fully saturated rings. The van der Waals surface area contributed by atoms with Gasteiger partial charge in [-0.05, 0) is 73.8 Å². The van der Waals surface area contributed by atoms with Crippen molar-refractivity contribution in [2.24, 2.45) is 0 Å². The minimum absolute atomic E-state index is 0.0231. The lowest BCUT2D eigenvalue weighted by Crippen LogP contribution is -1.94. The third kappa shape index (κ3) is 9.32. The molecule has 17 heavy (non-hydrogen) atoms. The first-order valence-electron chi connectivity index (χ1n) is 5.33. The van der Waals surface area contributed by atoms with Gasteiger partial charge in [0.1, 0.15) is 0 Å². The Kier molecular flexibility index (Phi) is 9.40. The predicted molar refractivity (Wildman–Crippen MR) is 84.5 cm³/mol. The van der Waals surface area contributed by atoms with Crippen LogP contribution in [0.4, 0.5) is 0 Å². The summed E-state index contributed by atoms with van der Waals surface area (Å²) in [5.74, 6) is 1.99. The molecule has 0 atom stereocenters. The second-order valence-corrected chi connectivity index (χ2v) is 5.57. The Morgan fingerprint density at radius 1 is 0.941 bits per heavy atom. The van der Waals surface area contributed by atoms with Crippen LogP contribution in [0.2, 0.25) is 0 Å². The van der Waals surface area contributed by atoms with Crippen LogP contribution in [-0.2, 0) is 0 Å². The molecule has 0 aromatic carbocycles. The number of thioether (sulfide) groups is 1. The number of hydrogen-bond donors (Lipinski definition) is 2. The van der Waals surface area contributed by atoms with Crippen molar-refractivity contribution in [2.45, 2.75) is 26.7 Å². The van der Waals surface area contributed by atoms with Gasteiger partial charge in [-0.1, -0.05) is 12.2 Å². The highest BCUT2D eigenvalue weighted by Gasteiger charge is 1.95. The van der Waals surface area contributed by atoms with Gasteiger partial charge in [-0.25, -0.2) is 0 Å². The fourth-order valence-corrected chi connectivity index (χ4v) is 1.93. The minimum atomic E-state index is -0.0231. The van der Waals surface area contributed by atoms with Crippen molar-refractivity contribution in [3.8, 4) is 0 Å². The molecule has 0 aromatic heterocycles. The van der Waals surface area contributed by atoms with E-state index in [1.165, 1.54) is 0 Å². The van der Waals surface area contributed by atoms with Gasteiger partial charge in [0.05, 0.1) is 0 Å². The Morgan fingerprint density at radius 3 is 1.59 bits per heavy atom. The van der Waals surface area contributed by atoms with Gasteiger partial charge in [-0.3, -0.25) is 0 Å². The van der Waals surface area contributed by atoms with Crippen molar-refractivity contribution in [1.29, 1.82) is 0 Å². The quantitative estimate of drug-likeness (QED) is 0.399. The van der Waals surface area contributed by atoms with E-state index in [1.807, 2.05) is 23.9 Å². The minimum Gasteiger partial charge on any atom is -0.499 e. The Hall–Kier alpha value is -0.390. The molecule has 0 saturated carbocycles. The molecule has 0 spiro atoms. The molecule has 0 unspecified atom stereocenters. The first-order valence-corrected chi connectivity index (χ1v) is 7.30. The fourth-order valence-electron chi connectivity index (χ4n) is 0.994. The Balaban J connectivity index is 3.61. The normalized spacial score (nSPS) is 12.6. The van der Waals surface area contributed by atoms with E-state index >= 15 is 0 Å². The van der Waals surface area contributed by atoms with Crippen LogP contribution in [0.3, 0.4) is 0 Å². The highest BCUT2D eigenvalue weighted by Crippen LogP contribution is 2.08. The number of hydrogen-bond acceptors (Lipinski definition) is 3. The van der Waals surface area contributed by atoms with Crippen molar-refractivity contribution in [1.82, 2.24) is 0 Å². The molecule has 0 aliphatic carbocycles. The van der Waals surface area contributed by atoms with Crippen molar-refractivity contribution in [3.63, 3.8) is 0 Å². The summed E-state index contributed by atoms with van der Waals surface area (Å²) in [5, 5.41) is 17.9. The maximum Gasteiger partial charge on any atom is 0.183 e. The summed E-state index contributed by atoms with van der Waals surface area (Å²) in [4.78, 5) is 0. The van der Waals surface area contributed by atoms with E-state index in [0.717, 1.165) is 35.5 Å². The van der Waals surface area contributed by atoms with Crippen LogP contribution in [0.5, 0.6) is 0 Å². The molecule has 2 nitrogen and oxygen atoms in total. The Morgan fingerprint density at radius 2 is 1.29 bits per heavy atom. The molecule has 96 valence electrons. The molecule has 0 radical (unpaired) electrons. The number of aliphatic hydroxyl groups is 2. The van der Waals surface area contributed by atoms with Crippen LogP contribution >= 0.6 is 36.2 Å². The molecule has 0 rings (SSSR count). The van der Waals surface area contributed by atoms with E-state index < -0.39 is 0 Å². The van der Waals surface area contributed by atoms with Gasteiger partial charge in [0.15, 0.2) is 10.1 Å². The number of thiocarbonyl (C=S) groups is 2. The molecule has 0 saturated heterocycles. The van der Waals surface area contributed by atoms with Gasteiger partial charge >= 0.3 is 0 Å². The molecule has 0 heterocycles. The zero-order valence-electron chi connectivity index (χ0n) is 10.1. The van der Waals surface area contributed by atoms with Crippen molar-refractivity contribution in [3.05, 3.63) is 23.3 Å². The zero-order valence-corrected chi connectivity index (χ0v) is 12.6. The largest absolute Gasteiger partial charge is 0.499 e. The highest BCUT2D eigenvalue weighted by atomic mass is 32.2. The van der Waals surface area contributed by atoms with Gasteiger partial charge in [-0.2, -0.15) is 11.8 Å². The summed E-state index contributed by atoms with van der Waals surface area (Å²) in [6, 6.07) is 0. The standard InChI is InChI=1S/C12H18O2S3/c1-9(11(13)15)5-3-7-17-8-4-6-10(2)12(14)16/h5-6H,3-4,7-8H2,1-2H3,(H,13,15)(H,14,16). The van der Waals surface area contributed by atoms with Gasteiger partial charge in [-0.15, -0.1) is 0 Å². The second-order valence-electron chi connectivity index (χ2n) is 3.57. The summed E-state index contributed by atoms with van der Waals surface area (Å²) in [7, 11) is 0. The van der Waals surface area contributed by atoms with Crippen LogP contribution in [0.15, 0.2) is 23.3 Å². The Labute approximate surface area is 118 Å². The highest BCUT2D eigenvalue weighted by molar-refractivity contribution is 7.99. The smallest absolute Gasteiger partial charge is 0.183 e. The topological polar surface area (TPSA) is 40.5 Å². The summed E-state index contributed by atoms with van der Waals surface area (Å²) in [6.45, 7) is 3.61. The second kappa shape index (κ2) is 9.62. The van der Waals surface area contributed by atoms with Crippen LogP contribution in [-0.4, -0.2) is 31.8 Å². The van der Waals surface area contributed by atoms with Crippen molar-refractivity contribution in [2.75, 3.05) is 11.5 Å². The Bertz CT molecular complexity index is 301. The van der Waals surface area contributed by atoms with E-state index in [-0.39, 0.29) is 10.1 Å². The van der Waals surface area contributed by atoms with Gasteiger partial charge in [0.25, 0.3) is 0 Å². The third-order valence-corrected chi connectivity index (χ3v) is 3.79. The van der Waals surface area contributed by atoms with Gasteiger partial charge in [0, 0.05) is 0 Å². The first kappa shape index (κ1) is 16.6. The zero-order chi connectivity index (χ0) is 13.3. The van der Waals surface area contributed by atoms with E-state index in [1.54, 1.807) is 13.8 Å². The van der Waals surface area contributed by atoms with E-state index in [0.29, 0.717) is 0 Å². The number of rotatable bonds is 8. The predicted octanol–water partition coefficient (Wildman–Crippen LogP) is 4.16. The summed E-state index contributed by atoms with van der Waals surface area (Å²) in [6.07, 6.45) is 5.69. The molecular weight excluding hydrogens is 272 g/mol. The molecular formula is C12H18O2S3. The summed E-state index contributed by atoms with van der Waals surface area (Å²) >= 11 is 11.1. The average molecular weight is 290 g/mol. The van der Waals surface area contributed by atoms with E-state index in [9.17, 15) is 0 Å². The third-order valence-electron chi connectivity index (χ3n) is 2.10. The lowest BCUT2D eigenvalue weighted by atomic mass is 10.3. The lowest BCUT2D eigenvalue weighted by Gasteiger charge is -1.99. The van der Waals surface area contributed by atoms with Crippen LogP contribution in [0, 0.1) is 0 Å². The van der Waals surface area contributed by atoms with Gasteiger partial charge in [0.2, 0.25) is 0 Å². The maximum atomic E-state index is 8.99. The average Bonchev–Trinajstić information content (AvgIpc) is 2.26. The molecule has 0 aliphatic heterocycles. The van der Waals surface area contributed by atoms with Crippen LogP contribution in [0.25, 0.3) is 0 Å². The number of aliphatic hydroxyl groups excluding tert-OH is 2. The van der Waals surface area contributed by atoms with E-state index in [4.69, 9.17) is 10.2 Å². The van der Waals surface area contributed by atoms with Gasteiger partial charge < -0.3 is 10.2 Å². The molecule has 2 N–H and O–H groups in total. The molecule has 0 amide bonds. The molecule has 0 aliphatic rings. The molecule has 0 aromatic rings. The number of allylic oxidation sites excluding steroid dienone is 2. The van der Waals surface area contributed by atoms with Crippen molar-refractivity contribution < 1.29 is 10.2 Å². The lowest BCUT2D eigenvalue weighted by molar-refractivity contribution is 0.568. The van der Waals surface area contributed by atoms with Crippen molar-refractivity contribution >= 4 is 46.3 Å². The van der Waals surface area contributed by atoms with E-state index in [2.05, 4.69) is 24.4 Å². The summed E-state index contributed by atoms with van der Waals surface area (Å²) < 4.78 is 0. The van der Waals surface area contributed by atoms with Crippen LogP contribution in [0.1, 0.15) is 26.7 Å². The molecule has 0 bridgehead atoms. The SMILES string of the molecule is CC(=CCCSCCC=C(C)C(O)=S)C(O)=S.